The summed E-state index contributed by atoms with van der Waals surface area (Å²) >= 11 is 6.02. The van der Waals surface area contributed by atoms with E-state index in [9.17, 15) is 10.2 Å². The van der Waals surface area contributed by atoms with Crippen LogP contribution in [0.5, 0.6) is 0 Å². The van der Waals surface area contributed by atoms with Gasteiger partial charge in [-0.2, -0.15) is 5.10 Å². The largest absolute Gasteiger partial charge is 0.394 e. The SMILES string of the molecule is C=C/C=C(\C=C(/C)c1ccn(C)n1)c1ccc(C(O)N[C@H](CO)c2cccc(Cl)c2)c(F)c1. The number of aliphatic hydroxyl groups is 2. The smallest absolute Gasteiger partial charge is 0.134 e. The molecule has 33 heavy (non-hydrogen) atoms. The summed E-state index contributed by atoms with van der Waals surface area (Å²) in [5.74, 6) is -0.575. The van der Waals surface area contributed by atoms with Crippen molar-refractivity contribution >= 4 is 22.7 Å². The standard InChI is InChI=1S/C26H27ClFN3O2/c1-4-6-18(13-17(2)24-11-12-31(3)30-24)19-9-10-22(23(28)15-19)26(33)29-25(16-32)20-7-5-8-21(27)14-20/h4-15,25-26,29,32-33H,1,16H2,2-3H3/b17-13+,18-6+/t25-,26?/m1/s1. The number of aryl methyl sites for hydroxylation is 1. The Hall–Kier alpha value is -3.03. The average molecular weight is 468 g/mol. The van der Waals surface area contributed by atoms with E-state index in [1.54, 1.807) is 47.2 Å². The minimum atomic E-state index is -1.33. The molecule has 0 saturated carbocycles. The van der Waals surface area contributed by atoms with Crippen LogP contribution in [-0.2, 0) is 7.05 Å². The van der Waals surface area contributed by atoms with E-state index in [0.717, 1.165) is 16.8 Å². The summed E-state index contributed by atoms with van der Waals surface area (Å²) in [6.07, 6.45) is 5.86. The van der Waals surface area contributed by atoms with Crippen molar-refractivity contribution in [2.24, 2.45) is 7.05 Å². The van der Waals surface area contributed by atoms with Crippen LogP contribution >= 0.6 is 11.6 Å². The van der Waals surface area contributed by atoms with Gasteiger partial charge in [-0.1, -0.05) is 54.6 Å². The third kappa shape index (κ3) is 6.27. The summed E-state index contributed by atoms with van der Waals surface area (Å²) in [5.41, 5.74) is 3.89. The average Bonchev–Trinajstić information content (AvgIpc) is 3.23. The van der Waals surface area contributed by atoms with Crippen LogP contribution in [0.4, 0.5) is 4.39 Å². The number of hydrogen-bond acceptors (Lipinski definition) is 4. The van der Waals surface area contributed by atoms with Gasteiger partial charge in [0, 0.05) is 23.8 Å². The van der Waals surface area contributed by atoms with Crippen molar-refractivity contribution in [1.29, 1.82) is 0 Å². The Bertz CT molecular complexity index is 1190. The third-order valence-corrected chi connectivity index (χ3v) is 5.44. The second-order valence-corrected chi connectivity index (χ2v) is 8.09. The molecule has 7 heteroatoms. The fourth-order valence-corrected chi connectivity index (χ4v) is 3.67. The van der Waals surface area contributed by atoms with Crippen LogP contribution < -0.4 is 5.32 Å². The van der Waals surface area contributed by atoms with E-state index in [1.807, 2.05) is 32.3 Å². The molecule has 0 amide bonds. The van der Waals surface area contributed by atoms with Gasteiger partial charge in [-0.05, 0) is 59.5 Å². The molecule has 0 aliphatic heterocycles. The van der Waals surface area contributed by atoms with Gasteiger partial charge in [0.05, 0.1) is 18.3 Å². The molecule has 0 saturated heterocycles. The zero-order valence-corrected chi connectivity index (χ0v) is 19.3. The van der Waals surface area contributed by atoms with Crippen LogP contribution in [0.1, 0.15) is 41.6 Å². The highest BCUT2D eigenvalue weighted by Gasteiger charge is 2.19. The van der Waals surface area contributed by atoms with Crippen LogP contribution in [0.2, 0.25) is 5.02 Å². The number of aliphatic hydroxyl groups excluding tert-OH is 2. The predicted octanol–water partition coefficient (Wildman–Crippen LogP) is 5.20. The van der Waals surface area contributed by atoms with E-state index in [4.69, 9.17) is 11.6 Å². The quantitative estimate of drug-likeness (QED) is 0.299. The van der Waals surface area contributed by atoms with E-state index in [2.05, 4.69) is 17.0 Å². The summed E-state index contributed by atoms with van der Waals surface area (Å²) in [7, 11) is 1.85. The second kappa shape index (κ2) is 11.2. The van der Waals surface area contributed by atoms with E-state index in [0.29, 0.717) is 16.1 Å². The monoisotopic (exact) mass is 467 g/mol. The fraction of sp³-hybridized carbons (Fsp3) is 0.192. The van der Waals surface area contributed by atoms with Crippen LogP contribution in [0.15, 0.2) is 79.5 Å². The number of hydrogen-bond donors (Lipinski definition) is 3. The normalized spacial score (nSPS) is 14.2. The van der Waals surface area contributed by atoms with Crippen LogP contribution in [0.3, 0.4) is 0 Å². The Morgan fingerprint density at radius 3 is 2.67 bits per heavy atom. The van der Waals surface area contributed by atoms with Crippen LogP contribution in [0, 0.1) is 5.82 Å². The zero-order valence-electron chi connectivity index (χ0n) is 18.5. The van der Waals surface area contributed by atoms with Gasteiger partial charge in [-0.25, -0.2) is 4.39 Å². The topological polar surface area (TPSA) is 70.3 Å². The lowest BCUT2D eigenvalue weighted by molar-refractivity contribution is 0.101. The first-order valence-corrected chi connectivity index (χ1v) is 10.8. The van der Waals surface area contributed by atoms with E-state index < -0.39 is 18.1 Å². The Morgan fingerprint density at radius 2 is 2.06 bits per heavy atom. The molecule has 0 radical (unpaired) electrons. The van der Waals surface area contributed by atoms with Crippen LogP contribution in [-0.4, -0.2) is 26.6 Å². The summed E-state index contributed by atoms with van der Waals surface area (Å²) in [6, 6.07) is 12.8. The highest BCUT2D eigenvalue weighted by Crippen LogP contribution is 2.27. The molecular weight excluding hydrogens is 441 g/mol. The van der Waals surface area contributed by atoms with E-state index >= 15 is 4.39 Å². The van der Waals surface area contributed by atoms with Gasteiger partial charge in [0.25, 0.3) is 0 Å². The molecule has 1 aromatic heterocycles. The first-order valence-electron chi connectivity index (χ1n) is 10.4. The van der Waals surface area contributed by atoms with Gasteiger partial charge in [0.15, 0.2) is 0 Å². The number of nitrogens with one attached hydrogen (secondary N) is 1. The molecule has 172 valence electrons. The van der Waals surface area contributed by atoms with Crippen molar-refractivity contribution in [3.05, 3.63) is 113 Å². The van der Waals surface area contributed by atoms with Crippen molar-refractivity contribution < 1.29 is 14.6 Å². The molecule has 3 rings (SSSR count). The van der Waals surface area contributed by atoms with E-state index in [1.165, 1.54) is 12.1 Å². The van der Waals surface area contributed by atoms with Gasteiger partial charge in [-0.3, -0.25) is 10.00 Å². The number of nitrogens with zero attached hydrogens (tertiary/aromatic N) is 2. The zero-order chi connectivity index (χ0) is 24.0. The van der Waals surface area contributed by atoms with Gasteiger partial charge in [-0.15, -0.1) is 0 Å². The van der Waals surface area contributed by atoms with Crippen molar-refractivity contribution in [1.82, 2.24) is 15.1 Å². The van der Waals surface area contributed by atoms with E-state index in [-0.39, 0.29) is 12.2 Å². The molecule has 3 N–H and O–H groups in total. The van der Waals surface area contributed by atoms with Gasteiger partial charge in [0.1, 0.15) is 12.0 Å². The molecule has 2 aromatic carbocycles. The minimum absolute atomic E-state index is 0.0719. The highest BCUT2D eigenvalue weighted by atomic mass is 35.5. The lowest BCUT2D eigenvalue weighted by Gasteiger charge is -2.22. The molecule has 0 fully saturated rings. The third-order valence-electron chi connectivity index (χ3n) is 5.21. The molecular formula is C26H27ClFN3O2. The summed E-state index contributed by atoms with van der Waals surface area (Å²) < 4.78 is 16.7. The van der Waals surface area contributed by atoms with Crippen molar-refractivity contribution in [2.75, 3.05) is 6.61 Å². The molecule has 2 atom stereocenters. The summed E-state index contributed by atoms with van der Waals surface area (Å²) in [4.78, 5) is 0. The molecule has 0 spiro atoms. The lowest BCUT2D eigenvalue weighted by atomic mass is 9.99. The molecule has 0 bridgehead atoms. The first-order chi connectivity index (χ1) is 15.8. The maximum Gasteiger partial charge on any atom is 0.134 e. The number of allylic oxidation sites excluding steroid dienone is 5. The first kappa shape index (κ1) is 24.6. The Balaban J connectivity index is 1.84. The molecule has 3 aromatic rings. The van der Waals surface area contributed by atoms with Gasteiger partial charge < -0.3 is 10.2 Å². The van der Waals surface area contributed by atoms with Gasteiger partial charge in [0.2, 0.25) is 0 Å². The number of rotatable bonds is 9. The summed E-state index contributed by atoms with van der Waals surface area (Å²) in [6.45, 7) is 5.40. The molecule has 1 unspecified atom stereocenters. The molecule has 0 aliphatic rings. The van der Waals surface area contributed by atoms with Gasteiger partial charge >= 0.3 is 0 Å². The Kier molecular flexibility index (Phi) is 8.36. The predicted molar refractivity (Wildman–Crippen MR) is 131 cm³/mol. The number of benzene rings is 2. The Labute approximate surface area is 198 Å². The lowest BCUT2D eigenvalue weighted by Crippen LogP contribution is -2.29. The fourth-order valence-electron chi connectivity index (χ4n) is 3.47. The van der Waals surface area contributed by atoms with Crippen molar-refractivity contribution in [2.45, 2.75) is 19.2 Å². The van der Waals surface area contributed by atoms with Crippen molar-refractivity contribution in [3.63, 3.8) is 0 Å². The summed E-state index contributed by atoms with van der Waals surface area (Å²) in [5, 5.41) is 28.1. The van der Waals surface area contributed by atoms with Crippen LogP contribution in [0.25, 0.3) is 11.1 Å². The molecule has 0 aliphatic carbocycles. The maximum atomic E-state index is 15.0. The number of aromatic nitrogens is 2. The highest BCUT2D eigenvalue weighted by molar-refractivity contribution is 6.30. The minimum Gasteiger partial charge on any atom is -0.394 e. The number of halogens is 2. The molecule has 1 heterocycles. The maximum absolute atomic E-state index is 15.0. The Morgan fingerprint density at radius 1 is 1.27 bits per heavy atom. The molecule has 5 nitrogen and oxygen atoms in total. The second-order valence-electron chi connectivity index (χ2n) is 7.66. The van der Waals surface area contributed by atoms with Crippen molar-refractivity contribution in [3.8, 4) is 0 Å².